The minimum absolute atomic E-state index is 0.110. The molecule has 0 bridgehead atoms. The van der Waals surface area contributed by atoms with E-state index in [1.54, 1.807) is 0 Å². The summed E-state index contributed by atoms with van der Waals surface area (Å²) in [6, 6.07) is 0.168. The van der Waals surface area contributed by atoms with Gasteiger partial charge in [-0.1, -0.05) is 0 Å². The summed E-state index contributed by atoms with van der Waals surface area (Å²) in [5.74, 6) is 0.640. The highest BCUT2D eigenvalue weighted by Crippen LogP contribution is 2.31. The standard InChI is InChI=1S/C12H24N2O3S/c1-14(11-2-7-18(15,16)8-11)10-12(9-13)3-5-17-6-4-12/h11H,2-10,13H2,1H3. The van der Waals surface area contributed by atoms with Gasteiger partial charge in [-0.2, -0.15) is 0 Å². The number of nitrogens with two attached hydrogens (primary N) is 1. The molecule has 1 atom stereocenters. The Balaban J connectivity index is 1.95. The molecule has 0 aromatic heterocycles. The molecule has 2 aliphatic rings. The molecule has 2 saturated heterocycles. The van der Waals surface area contributed by atoms with Crippen LogP contribution in [0.15, 0.2) is 0 Å². The molecule has 6 heteroatoms. The predicted octanol–water partition coefficient (Wildman–Crippen LogP) is -0.139. The summed E-state index contributed by atoms with van der Waals surface area (Å²) in [4.78, 5) is 2.20. The van der Waals surface area contributed by atoms with Gasteiger partial charge < -0.3 is 15.4 Å². The smallest absolute Gasteiger partial charge is 0.151 e. The fourth-order valence-electron chi connectivity index (χ4n) is 3.01. The van der Waals surface area contributed by atoms with Crippen molar-refractivity contribution in [2.24, 2.45) is 11.1 Å². The number of rotatable bonds is 4. The van der Waals surface area contributed by atoms with E-state index in [4.69, 9.17) is 10.5 Å². The number of hydrogen-bond donors (Lipinski definition) is 1. The Kier molecular flexibility index (Phi) is 4.31. The van der Waals surface area contributed by atoms with Gasteiger partial charge in [-0.15, -0.1) is 0 Å². The zero-order chi connectivity index (χ0) is 13.2. The second-order valence-corrected chi connectivity index (χ2v) is 8.02. The minimum Gasteiger partial charge on any atom is -0.381 e. The first kappa shape index (κ1) is 14.2. The summed E-state index contributed by atoms with van der Waals surface area (Å²) in [6.07, 6.45) is 2.72. The Labute approximate surface area is 110 Å². The molecule has 0 radical (unpaired) electrons. The van der Waals surface area contributed by atoms with Crippen molar-refractivity contribution in [1.82, 2.24) is 4.90 Å². The van der Waals surface area contributed by atoms with E-state index >= 15 is 0 Å². The molecule has 1 unspecified atom stereocenters. The zero-order valence-electron chi connectivity index (χ0n) is 11.1. The van der Waals surface area contributed by atoms with Crippen LogP contribution < -0.4 is 5.73 Å². The van der Waals surface area contributed by atoms with Crippen LogP contribution in [0.25, 0.3) is 0 Å². The van der Waals surface area contributed by atoms with Crippen LogP contribution in [-0.4, -0.2) is 64.2 Å². The lowest BCUT2D eigenvalue weighted by atomic mass is 9.79. The van der Waals surface area contributed by atoms with Gasteiger partial charge in [0.25, 0.3) is 0 Å². The summed E-state index contributed by atoms with van der Waals surface area (Å²) >= 11 is 0. The Hall–Kier alpha value is -0.170. The van der Waals surface area contributed by atoms with Crippen LogP contribution in [0.5, 0.6) is 0 Å². The molecule has 0 aromatic rings. The fourth-order valence-corrected chi connectivity index (χ4v) is 4.82. The lowest BCUT2D eigenvalue weighted by Crippen LogP contribution is -2.48. The molecule has 2 aliphatic heterocycles. The zero-order valence-corrected chi connectivity index (χ0v) is 11.9. The predicted molar refractivity (Wildman–Crippen MR) is 71.2 cm³/mol. The second kappa shape index (κ2) is 5.45. The van der Waals surface area contributed by atoms with Crippen LogP contribution in [0.2, 0.25) is 0 Å². The maximum atomic E-state index is 11.5. The molecule has 0 saturated carbocycles. The van der Waals surface area contributed by atoms with E-state index in [1.807, 2.05) is 7.05 Å². The van der Waals surface area contributed by atoms with Crippen molar-refractivity contribution >= 4 is 9.84 Å². The van der Waals surface area contributed by atoms with Crippen molar-refractivity contribution in [2.45, 2.75) is 25.3 Å². The SMILES string of the molecule is CN(CC1(CN)CCOCC1)C1CCS(=O)(=O)C1. The summed E-state index contributed by atoms with van der Waals surface area (Å²) in [5.41, 5.74) is 6.05. The first-order valence-corrected chi connectivity index (χ1v) is 8.47. The Morgan fingerprint density at radius 2 is 2.06 bits per heavy atom. The lowest BCUT2D eigenvalue weighted by molar-refractivity contribution is -0.000928. The van der Waals surface area contributed by atoms with Gasteiger partial charge in [-0.25, -0.2) is 8.42 Å². The number of ether oxygens (including phenoxy) is 1. The van der Waals surface area contributed by atoms with E-state index < -0.39 is 9.84 Å². The van der Waals surface area contributed by atoms with E-state index in [0.717, 1.165) is 39.0 Å². The van der Waals surface area contributed by atoms with E-state index in [0.29, 0.717) is 18.1 Å². The highest BCUT2D eigenvalue weighted by Gasteiger charge is 2.37. The third-order valence-corrected chi connectivity index (χ3v) is 6.15. The summed E-state index contributed by atoms with van der Waals surface area (Å²) in [6.45, 7) is 3.08. The van der Waals surface area contributed by atoms with Crippen molar-refractivity contribution in [2.75, 3.05) is 44.9 Å². The molecule has 2 heterocycles. The molecule has 0 spiro atoms. The maximum absolute atomic E-state index is 11.5. The molecule has 0 aromatic carbocycles. The largest absolute Gasteiger partial charge is 0.381 e. The van der Waals surface area contributed by atoms with Crippen molar-refractivity contribution < 1.29 is 13.2 Å². The third kappa shape index (κ3) is 3.23. The monoisotopic (exact) mass is 276 g/mol. The highest BCUT2D eigenvalue weighted by molar-refractivity contribution is 7.91. The quantitative estimate of drug-likeness (QED) is 0.774. The highest BCUT2D eigenvalue weighted by atomic mass is 32.2. The van der Waals surface area contributed by atoms with Gasteiger partial charge in [0, 0.05) is 25.8 Å². The molecule has 2 rings (SSSR count). The normalized spacial score (nSPS) is 30.7. The first-order valence-electron chi connectivity index (χ1n) is 6.65. The molecule has 0 aliphatic carbocycles. The first-order chi connectivity index (χ1) is 8.46. The van der Waals surface area contributed by atoms with Crippen molar-refractivity contribution in [3.05, 3.63) is 0 Å². The molecular weight excluding hydrogens is 252 g/mol. The van der Waals surface area contributed by atoms with Crippen LogP contribution in [0.1, 0.15) is 19.3 Å². The van der Waals surface area contributed by atoms with Gasteiger partial charge in [0.2, 0.25) is 0 Å². The molecule has 106 valence electrons. The molecule has 2 N–H and O–H groups in total. The Bertz CT molecular complexity index is 377. The van der Waals surface area contributed by atoms with Crippen molar-refractivity contribution in [1.29, 1.82) is 0 Å². The summed E-state index contributed by atoms with van der Waals surface area (Å²) in [5, 5.41) is 0. The summed E-state index contributed by atoms with van der Waals surface area (Å²) < 4.78 is 28.4. The number of hydrogen-bond acceptors (Lipinski definition) is 5. The van der Waals surface area contributed by atoms with Gasteiger partial charge in [-0.3, -0.25) is 0 Å². The van der Waals surface area contributed by atoms with Crippen molar-refractivity contribution in [3.63, 3.8) is 0 Å². The molecule has 0 amide bonds. The van der Waals surface area contributed by atoms with Gasteiger partial charge in [0.15, 0.2) is 9.84 Å². The van der Waals surface area contributed by atoms with E-state index in [2.05, 4.69) is 4.90 Å². The van der Waals surface area contributed by atoms with Gasteiger partial charge in [0.05, 0.1) is 11.5 Å². The summed E-state index contributed by atoms with van der Waals surface area (Å²) in [7, 11) is -0.779. The van der Waals surface area contributed by atoms with E-state index in [9.17, 15) is 8.42 Å². The van der Waals surface area contributed by atoms with Gasteiger partial charge in [-0.05, 0) is 38.3 Å². The van der Waals surface area contributed by atoms with Crippen LogP contribution >= 0.6 is 0 Å². The third-order valence-electron chi connectivity index (χ3n) is 4.40. The number of nitrogens with zero attached hydrogens (tertiary/aromatic N) is 1. The van der Waals surface area contributed by atoms with Crippen LogP contribution in [0, 0.1) is 5.41 Å². The second-order valence-electron chi connectivity index (χ2n) is 5.79. The average Bonchev–Trinajstić information content (AvgIpc) is 2.71. The van der Waals surface area contributed by atoms with Crippen molar-refractivity contribution in [3.8, 4) is 0 Å². The van der Waals surface area contributed by atoms with Crippen LogP contribution in [-0.2, 0) is 14.6 Å². The fraction of sp³-hybridized carbons (Fsp3) is 1.00. The van der Waals surface area contributed by atoms with Gasteiger partial charge in [0.1, 0.15) is 0 Å². The number of sulfone groups is 1. The molecule has 5 nitrogen and oxygen atoms in total. The topological polar surface area (TPSA) is 72.6 Å². The van der Waals surface area contributed by atoms with E-state index in [-0.39, 0.29) is 11.5 Å². The van der Waals surface area contributed by atoms with E-state index in [1.165, 1.54) is 0 Å². The molecular formula is C12H24N2O3S. The lowest BCUT2D eigenvalue weighted by Gasteiger charge is -2.40. The Morgan fingerprint density at radius 1 is 1.39 bits per heavy atom. The molecule has 2 fully saturated rings. The Morgan fingerprint density at radius 3 is 2.56 bits per heavy atom. The maximum Gasteiger partial charge on any atom is 0.151 e. The van der Waals surface area contributed by atoms with Crippen LogP contribution in [0.4, 0.5) is 0 Å². The van der Waals surface area contributed by atoms with Crippen LogP contribution in [0.3, 0.4) is 0 Å². The minimum atomic E-state index is -2.81. The molecule has 18 heavy (non-hydrogen) atoms. The average molecular weight is 276 g/mol. The van der Waals surface area contributed by atoms with Gasteiger partial charge >= 0.3 is 0 Å².